The molecule has 3 heterocycles. The van der Waals surface area contributed by atoms with Gasteiger partial charge in [0.05, 0.1) is 23.3 Å². The highest BCUT2D eigenvalue weighted by atomic mass is 32.2. The van der Waals surface area contributed by atoms with Gasteiger partial charge < -0.3 is 0 Å². The van der Waals surface area contributed by atoms with Gasteiger partial charge in [-0.25, -0.2) is 23.4 Å². The fraction of sp³-hybridized carbons (Fsp3) is 0.444. The molecule has 0 bridgehead atoms. The number of aromatic nitrogens is 5. The molecule has 0 fully saturated rings. The number of hydrogen-bond acceptors (Lipinski definition) is 6. The minimum Gasteiger partial charge on any atom is -0.295 e. The number of fused-ring (bicyclic) bond motifs is 1. The standard InChI is InChI=1S/C18H23N5O2S/c1-11(2)15(12(3)4)16-17-21-10-14(23(17)9-8-19-16)13-6-7-20-18(22-13)26(5,24)25/h6-12,15H,1-5H3. The van der Waals surface area contributed by atoms with Crippen molar-refractivity contribution >= 4 is 15.5 Å². The highest BCUT2D eigenvalue weighted by Gasteiger charge is 2.25. The van der Waals surface area contributed by atoms with E-state index in [1.807, 2.05) is 10.6 Å². The monoisotopic (exact) mass is 373 g/mol. The summed E-state index contributed by atoms with van der Waals surface area (Å²) < 4.78 is 25.4. The average molecular weight is 373 g/mol. The Morgan fingerprint density at radius 1 is 1.00 bits per heavy atom. The molecule has 0 aromatic carbocycles. The lowest BCUT2D eigenvalue weighted by molar-refractivity contribution is 0.381. The van der Waals surface area contributed by atoms with E-state index < -0.39 is 9.84 Å². The van der Waals surface area contributed by atoms with Crippen LogP contribution in [0.25, 0.3) is 17.0 Å². The van der Waals surface area contributed by atoms with E-state index >= 15 is 0 Å². The van der Waals surface area contributed by atoms with Gasteiger partial charge in [0, 0.05) is 30.8 Å². The SMILES string of the molecule is CC(C)C(c1nccn2c(-c3ccnc(S(C)(=O)=O)n3)cnc12)C(C)C. The zero-order chi connectivity index (χ0) is 19.1. The summed E-state index contributed by atoms with van der Waals surface area (Å²) in [5.74, 6) is 1.11. The second kappa shape index (κ2) is 6.75. The first-order valence-electron chi connectivity index (χ1n) is 8.55. The molecule has 3 aromatic rings. The summed E-state index contributed by atoms with van der Waals surface area (Å²) >= 11 is 0. The Kier molecular flexibility index (Phi) is 4.79. The lowest BCUT2D eigenvalue weighted by Crippen LogP contribution is -2.16. The molecule has 0 amide bonds. The Bertz CT molecular complexity index is 1030. The highest BCUT2D eigenvalue weighted by molar-refractivity contribution is 7.90. The van der Waals surface area contributed by atoms with E-state index in [0.29, 0.717) is 23.2 Å². The van der Waals surface area contributed by atoms with Crippen molar-refractivity contribution in [2.45, 2.75) is 38.8 Å². The normalized spacial score (nSPS) is 12.6. The van der Waals surface area contributed by atoms with Crippen LogP contribution < -0.4 is 0 Å². The fourth-order valence-corrected chi connectivity index (χ4v) is 3.94. The maximum Gasteiger partial charge on any atom is 0.247 e. The minimum absolute atomic E-state index is 0.193. The van der Waals surface area contributed by atoms with Crippen molar-refractivity contribution in [3.05, 3.63) is 36.5 Å². The molecule has 7 nitrogen and oxygen atoms in total. The fourth-order valence-electron chi connectivity index (χ4n) is 3.43. The van der Waals surface area contributed by atoms with E-state index in [4.69, 9.17) is 0 Å². The van der Waals surface area contributed by atoms with Crippen molar-refractivity contribution < 1.29 is 8.42 Å². The molecule has 0 saturated carbocycles. The van der Waals surface area contributed by atoms with E-state index in [-0.39, 0.29) is 11.1 Å². The van der Waals surface area contributed by atoms with Gasteiger partial charge in [0.1, 0.15) is 0 Å². The third-order valence-electron chi connectivity index (χ3n) is 4.44. The Morgan fingerprint density at radius 3 is 2.31 bits per heavy atom. The Balaban J connectivity index is 2.18. The van der Waals surface area contributed by atoms with Gasteiger partial charge in [-0.2, -0.15) is 0 Å². The van der Waals surface area contributed by atoms with Crippen molar-refractivity contribution in [2.24, 2.45) is 11.8 Å². The first-order valence-corrected chi connectivity index (χ1v) is 10.4. The molecule has 0 radical (unpaired) electrons. The van der Waals surface area contributed by atoms with Gasteiger partial charge in [0.2, 0.25) is 15.0 Å². The van der Waals surface area contributed by atoms with Crippen LogP contribution in [0, 0.1) is 11.8 Å². The maximum absolute atomic E-state index is 11.8. The quantitative estimate of drug-likeness (QED) is 0.639. The van der Waals surface area contributed by atoms with Gasteiger partial charge in [0.25, 0.3) is 0 Å². The van der Waals surface area contributed by atoms with Crippen molar-refractivity contribution in [2.75, 3.05) is 6.26 Å². The number of rotatable bonds is 5. The van der Waals surface area contributed by atoms with Crippen LogP contribution in [-0.4, -0.2) is 39.0 Å². The number of nitrogens with zero attached hydrogens (tertiary/aromatic N) is 5. The lowest BCUT2D eigenvalue weighted by Gasteiger charge is -2.24. The van der Waals surface area contributed by atoms with Crippen LogP contribution in [0.15, 0.2) is 36.0 Å². The maximum atomic E-state index is 11.8. The molecule has 26 heavy (non-hydrogen) atoms. The molecule has 0 aliphatic heterocycles. The molecule has 3 rings (SSSR count). The van der Waals surface area contributed by atoms with Gasteiger partial charge >= 0.3 is 0 Å². The van der Waals surface area contributed by atoms with E-state index in [0.717, 1.165) is 17.6 Å². The summed E-state index contributed by atoms with van der Waals surface area (Å²) in [6.45, 7) is 8.73. The molecule has 8 heteroatoms. The van der Waals surface area contributed by atoms with Crippen LogP contribution in [0.1, 0.15) is 39.3 Å². The van der Waals surface area contributed by atoms with Crippen molar-refractivity contribution in [1.29, 1.82) is 0 Å². The van der Waals surface area contributed by atoms with Gasteiger partial charge in [-0.05, 0) is 17.9 Å². The molecule has 0 atom stereocenters. The number of hydrogen-bond donors (Lipinski definition) is 0. The van der Waals surface area contributed by atoms with Crippen molar-refractivity contribution in [3.63, 3.8) is 0 Å². The molecule has 0 aliphatic rings. The van der Waals surface area contributed by atoms with E-state index in [1.54, 1.807) is 18.5 Å². The smallest absolute Gasteiger partial charge is 0.247 e. The van der Waals surface area contributed by atoms with Crippen LogP contribution in [-0.2, 0) is 9.84 Å². The topological polar surface area (TPSA) is 90.1 Å². The van der Waals surface area contributed by atoms with Gasteiger partial charge in [-0.3, -0.25) is 9.38 Å². The zero-order valence-electron chi connectivity index (χ0n) is 15.6. The molecular weight excluding hydrogens is 350 g/mol. The lowest BCUT2D eigenvalue weighted by atomic mass is 9.83. The summed E-state index contributed by atoms with van der Waals surface area (Å²) in [4.78, 5) is 17.2. The molecule has 0 saturated heterocycles. The Hall–Kier alpha value is -2.35. The summed E-state index contributed by atoms with van der Waals surface area (Å²) in [6, 6.07) is 1.68. The van der Waals surface area contributed by atoms with E-state index in [1.165, 1.54) is 6.20 Å². The number of imidazole rings is 1. The summed E-state index contributed by atoms with van der Waals surface area (Å²) in [5.41, 5.74) is 2.94. The predicted molar refractivity (Wildman–Crippen MR) is 99.5 cm³/mol. The first kappa shape index (κ1) is 18.4. The van der Waals surface area contributed by atoms with Crippen LogP contribution in [0.4, 0.5) is 0 Å². The van der Waals surface area contributed by atoms with Crippen LogP contribution in [0.5, 0.6) is 0 Å². The second-order valence-corrected chi connectivity index (χ2v) is 9.07. The zero-order valence-corrected chi connectivity index (χ0v) is 16.4. The van der Waals surface area contributed by atoms with E-state index in [2.05, 4.69) is 47.6 Å². The van der Waals surface area contributed by atoms with Crippen LogP contribution >= 0.6 is 0 Å². The second-order valence-electron chi connectivity index (χ2n) is 7.16. The number of sulfone groups is 1. The molecule has 0 N–H and O–H groups in total. The first-order chi connectivity index (χ1) is 12.2. The molecule has 0 unspecified atom stereocenters. The Morgan fingerprint density at radius 2 is 1.69 bits per heavy atom. The largest absolute Gasteiger partial charge is 0.295 e. The molecule has 0 aliphatic carbocycles. The minimum atomic E-state index is -3.48. The van der Waals surface area contributed by atoms with Crippen LogP contribution in [0.3, 0.4) is 0 Å². The van der Waals surface area contributed by atoms with Gasteiger partial charge in [-0.1, -0.05) is 27.7 Å². The summed E-state index contributed by atoms with van der Waals surface area (Å²) in [7, 11) is -3.48. The summed E-state index contributed by atoms with van der Waals surface area (Å²) in [5, 5.41) is -0.193. The average Bonchev–Trinajstić information content (AvgIpc) is 2.98. The third kappa shape index (κ3) is 3.33. The van der Waals surface area contributed by atoms with Gasteiger partial charge in [0.15, 0.2) is 5.65 Å². The Labute approximate surface area is 153 Å². The molecular formula is C18H23N5O2S. The molecule has 3 aromatic heterocycles. The third-order valence-corrected chi connectivity index (χ3v) is 5.30. The van der Waals surface area contributed by atoms with Crippen molar-refractivity contribution in [1.82, 2.24) is 24.3 Å². The predicted octanol–water partition coefficient (Wildman–Crippen LogP) is 2.99. The van der Waals surface area contributed by atoms with Crippen LogP contribution in [0.2, 0.25) is 0 Å². The summed E-state index contributed by atoms with van der Waals surface area (Å²) in [6.07, 6.45) is 7.82. The molecule has 138 valence electrons. The molecule has 0 spiro atoms. The van der Waals surface area contributed by atoms with Crippen molar-refractivity contribution in [3.8, 4) is 11.4 Å². The van der Waals surface area contributed by atoms with E-state index in [9.17, 15) is 8.42 Å². The van der Waals surface area contributed by atoms with Gasteiger partial charge in [-0.15, -0.1) is 0 Å². The highest BCUT2D eigenvalue weighted by Crippen LogP contribution is 2.33.